The maximum Gasteiger partial charge on any atom is 0.244 e. The molecule has 146 valence electrons. The monoisotopic (exact) mass is 371 g/mol. The van der Waals surface area contributed by atoms with Gasteiger partial charge in [-0.25, -0.2) is 0 Å². The van der Waals surface area contributed by atoms with Crippen LogP contribution in [-0.4, -0.2) is 30.3 Å². The number of hydrogen-bond acceptors (Lipinski definition) is 3. The predicted molar refractivity (Wildman–Crippen MR) is 105 cm³/mol. The first-order valence-electron chi connectivity index (χ1n) is 9.61. The van der Waals surface area contributed by atoms with Gasteiger partial charge in [-0.2, -0.15) is 0 Å². The number of rotatable bonds is 10. The van der Waals surface area contributed by atoms with Gasteiger partial charge in [0.2, 0.25) is 17.7 Å². The molecule has 1 aromatic rings. The van der Waals surface area contributed by atoms with Crippen molar-refractivity contribution in [1.82, 2.24) is 10.6 Å². The van der Waals surface area contributed by atoms with Crippen molar-refractivity contribution in [2.24, 2.45) is 11.7 Å². The summed E-state index contributed by atoms with van der Waals surface area (Å²) in [6.07, 6.45) is 9.61. The van der Waals surface area contributed by atoms with Crippen molar-refractivity contribution in [1.29, 1.82) is 0 Å². The molecule has 27 heavy (non-hydrogen) atoms. The fourth-order valence-electron chi connectivity index (χ4n) is 3.30. The Bertz CT molecular complexity index is 652. The van der Waals surface area contributed by atoms with Crippen molar-refractivity contribution < 1.29 is 14.4 Å². The molecule has 0 spiro atoms. The van der Waals surface area contributed by atoms with Crippen molar-refractivity contribution in [3.8, 4) is 0 Å². The first kappa shape index (κ1) is 20.7. The number of hydrogen-bond donors (Lipinski definition) is 3. The van der Waals surface area contributed by atoms with Gasteiger partial charge in [0, 0.05) is 6.54 Å². The quantitative estimate of drug-likeness (QED) is 0.547. The highest BCUT2D eigenvalue weighted by molar-refractivity contribution is 5.94. The normalized spacial score (nSPS) is 15.6. The molecule has 1 aromatic carbocycles. The standard InChI is InChI=1S/C21H29N3O3/c22-21(27)18(24-19(25)12-6-11-16-9-4-5-10-16)15-20(26)23-14-13-17-7-2-1-3-8-17/h1-3,6-8,12,16,18H,4-5,9-11,13-15H2,(H2,22,27)(H,23,26)(H,24,25). The minimum atomic E-state index is -1.01. The molecular formula is C21H29N3O3. The lowest BCUT2D eigenvalue weighted by molar-refractivity contribution is -0.129. The molecule has 1 atom stereocenters. The Kier molecular flexibility index (Phi) is 8.55. The van der Waals surface area contributed by atoms with Gasteiger partial charge in [0.25, 0.3) is 0 Å². The molecule has 0 aliphatic heterocycles. The second-order valence-electron chi connectivity index (χ2n) is 7.04. The van der Waals surface area contributed by atoms with E-state index >= 15 is 0 Å². The third kappa shape index (κ3) is 8.07. The van der Waals surface area contributed by atoms with E-state index in [1.54, 1.807) is 0 Å². The lowest BCUT2D eigenvalue weighted by Gasteiger charge is -2.14. The number of nitrogens with two attached hydrogens (primary N) is 1. The molecule has 6 nitrogen and oxygen atoms in total. The second-order valence-corrected chi connectivity index (χ2v) is 7.04. The van der Waals surface area contributed by atoms with Crippen molar-refractivity contribution in [3.05, 3.63) is 48.0 Å². The third-order valence-corrected chi connectivity index (χ3v) is 4.84. The fraction of sp³-hybridized carbons (Fsp3) is 0.476. The van der Waals surface area contributed by atoms with E-state index in [9.17, 15) is 14.4 Å². The van der Waals surface area contributed by atoms with Gasteiger partial charge < -0.3 is 16.4 Å². The minimum Gasteiger partial charge on any atom is -0.368 e. The lowest BCUT2D eigenvalue weighted by atomic mass is 10.0. The van der Waals surface area contributed by atoms with E-state index in [0.29, 0.717) is 18.9 Å². The smallest absolute Gasteiger partial charge is 0.244 e. The highest BCUT2D eigenvalue weighted by Crippen LogP contribution is 2.27. The first-order chi connectivity index (χ1) is 13.0. The zero-order valence-corrected chi connectivity index (χ0v) is 15.7. The first-order valence-corrected chi connectivity index (χ1v) is 9.61. The number of carbonyl (C=O) groups excluding carboxylic acids is 3. The summed E-state index contributed by atoms with van der Waals surface area (Å²) in [5.41, 5.74) is 6.44. The van der Waals surface area contributed by atoms with E-state index in [-0.39, 0.29) is 12.3 Å². The number of carbonyl (C=O) groups is 3. The van der Waals surface area contributed by atoms with Crippen LogP contribution in [0.3, 0.4) is 0 Å². The van der Waals surface area contributed by atoms with Crippen LogP contribution in [0.1, 0.15) is 44.1 Å². The molecule has 6 heteroatoms. The molecule has 1 fully saturated rings. The summed E-state index contributed by atoms with van der Waals surface area (Å²) in [4.78, 5) is 35.6. The van der Waals surface area contributed by atoms with Gasteiger partial charge in [-0.3, -0.25) is 14.4 Å². The van der Waals surface area contributed by atoms with Gasteiger partial charge in [-0.15, -0.1) is 0 Å². The highest BCUT2D eigenvalue weighted by atomic mass is 16.2. The van der Waals surface area contributed by atoms with Crippen molar-refractivity contribution >= 4 is 17.7 Å². The Hall–Kier alpha value is -2.63. The molecule has 1 saturated carbocycles. The molecule has 0 radical (unpaired) electrons. The maximum atomic E-state index is 12.0. The molecule has 0 heterocycles. The summed E-state index contributed by atoms with van der Waals surface area (Å²) >= 11 is 0. The van der Waals surface area contributed by atoms with Gasteiger partial charge in [-0.1, -0.05) is 62.1 Å². The van der Waals surface area contributed by atoms with E-state index in [1.807, 2.05) is 36.4 Å². The molecular weight excluding hydrogens is 342 g/mol. The molecule has 1 aliphatic carbocycles. The highest BCUT2D eigenvalue weighted by Gasteiger charge is 2.20. The predicted octanol–water partition coefficient (Wildman–Crippen LogP) is 1.84. The van der Waals surface area contributed by atoms with Crippen LogP contribution in [-0.2, 0) is 20.8 Å². The van der Waals surface area contributed by atoms with Crippen LogP contribution in [0.25, 0.3) is 0 Å². The number of allylic oxidation sites excluding steroid dienone is 1. The van der Waals surface area contributed by atoms with Crippen LogP contribution in [0, 0.1) is 5.92 Å². The average molecular weight is 371 g/mol. The average Bonchev–Trinajstić information content (AvgIpc) is 3.15. The Balaban J connectivity index is 1.71. The summed E-state index contributed by atoms with van der Waals surface area (Å²) < 4.78 is 0. The number of nitrogens with one attached hydrogen (secondary N) is 2. The third-order valence-electron chi connectivity index (χ3n) is 4.84. The van der Waals surface area contributed by atoms with Crippen molar-refractivity contribution in [2.75, 3.05) is 6.54 Å². The van der Waals surface area contributed by atoms with Gasteiger partial charge >= 0.3 is 0 Å². The topological polar surface area (TPSA) is 101 Å². The van der Waals surface area contributed by atoms with Gasteiger partial charge in [0.15, 0.2) is 0 Å². The summed E-state index contributed by atoms with van der Waals surface area (Å²) in [5, 5.41) is 5.27. The largest absolute Gasteiger partial charge is 0.368 e. The minimum absolute atomic E-state index is 0.160. The van der Waals surface area contributed by atoms with E-state index in [0.717, 1.165) is 12.0 Å². The summed E-state index contributed by atoms with van der Waals surface area (Å²) in [6, 6.07) is 8.77. The van der Waals surface area contributed by atoms with Crippen LogP contribution in [0.2, 0.25) is 0 Å². The summed E-state index contributed by atoms with van der Waals surface area (Å²) in [6.45, 7) is 0.462. The zero-order chi connectivity index (χ0) is 19.5. The van der Waals surface area contributed by atoms with Crippen LogP contribution in [0.5, 0.6) is 0 Å². The Labute approximate surface area is 160 Å². The maximum absolute atomic E-state index is 12.0. The molecule has 4 N–H and O–H groups in total. The van der Waals surface area contributed by atoms with E-state index in [1.165, 1.54) is 31.8 Å². The van der Waals surface area contributed by atoms with Gasteiger partial charge in [0.05, 0.1) is 6.42 Å². The molecule has 0 aromatic heterocycles. The van der Waals surface area contributed by atoms with E-state index < -0.39 is 17.9 Å². The number of primary amides is 1. The Morgan fingerprint density at radius 2 is 1.85 bits per heavy atom. The Morgan fingerprint density at radius 1 is 1.15 bits per heavy atom. The molecule has 0 saturated heterocycles. The molecule has 1 aliphatic rings. The van der Waals surface area contributed by atoms with Crippen LogP contribution in [0.4, 0.5) is 0 Å². The SMILES string of the molecule is NC(=O)C(CC(=O)NCCc1ccccc1)NC(=O)C=CCC1CCCC1. The zero-order valence-electron chi connectivity index (χ0n) is 15.7. The van der Waals surface area contributed by atoms with Crippen LogP contribution >= 0.6 is 0 Å². The number of amides is 3. The number of benzene rings is 1. The molecule has 3 amide bonds. The molecule has 2 rings (SSSR count). The van der Waals surface area contributed by atoms with E-state index in [2.05, 4.69) is 10.6 Å². The molecule has 1 unspecified atom stereocenters. The lowest BCUT2D eigenvalue weighted by Crippen LogP contribution is -2.46. The van der Waals surface area contributed by atoms with Gasteiger partial charge in [0.1, 0.15) is 6.04 Å². The summed E-state index contributed by atoms with van der Waals surface area (Å²) in [7, 11) is 0. The van der Waals surface area contributed by atoms with Gasteiger partial charge in [-0.05, 0) is 30.4 Å². The van der Waals surface area contributed by atoms with E-state index in [4.69, 9.17) is 5.73 Å². The van der Waals surface area contributed by atoms with Crippen molar-refractivity contribution in [3.63, 3.8) is 0 Å². The van der Waals surface area contributed by atoms with Crippen LogP contribution < -0.4 is 16.4 Å². The van der Waals surface area contributed by atoms with Crippen LogP contribution in [0.15, 0.2) is 42.5 Å². The van der Waals surface area contributed by atoms with Crippen molar-refractivity contribution in [2.45, 2.75) is 51.0 Å². The Morgan fingerprint density at radius 3 is 2.52 bits per heavy atom. The summed E-state index contributed by atoms with van der Waals surface area (Å²) in [5.74, 6) is -0.777. The molecule has 0 bridgehead atoms. The fourth-order valence-corrected chi connectivity index (χ4v) is 3.30. The second kappa shape index (κ2) is 11.2.